The third-order valence-corrected chi connectivity index (χ3v) is 9.21. The highest BCUT2D eigenvalue weighted by Gasteiger charge is 2.23. The van der Waals surface area contributed by atoms with Gasteiger partial charge in [0.05, 0.1) is 5.75 Å². The van der Waals surface area contributed by atoms with Crippen LogP contribution in [-0.4, -0.2) is 23.7 Å². The van der Waals surface area contributed by atoms with Crippen LogP contribution < -0.4 is 5.32 Å². The van der Waals surface area contributed by atoms with Crippen molar-refractivity contribution in [3.8, 4) is 11.1 Å². The van der Waals surface area contributed by atoms with E-state index in [1.54, 1.807) is 16.7 Å². The Kier molecular flexibility index (Phi) is 9.19. The Morgan fingerprint density at radius 2 is 1.31 bits per heavy atom. The number of benzene rings is 3. The molecule has 1 saturated carbocycles. The van der Waals surface area contributed by atoms with E-state index in [1.165, 1.54) is 37.7 Å². The molecule has 3 aromatic carbocycles. The van der Waals surface area contributed by atoms with Gasteiger partial charge in [-0.1, -0.05) is 104 Å². The van der Waals surface area contributed by atoms with E-state index in [4.69, 9.17) is 0 Å². The fraction of sp³-hybridized carbons (Fsp3) is 0.303. The Hall–Kier alpha value is -3.32. The largest absolute Gasteiger partial charge is 0.310 e. The van der Waals surface area contributed by atoms with Crippen LogP contribution in [0.15, 0.2) is 103 Å². The fourth-order valence-electron chi connectivity index (χ4n) is 5.21. The molecule has 39 heavy (non-hydrogen) atoms. The van der Waals surface area contributed by atoms with E-state index in [0.717, 1.165) is 34.4 Å². The number of pyridine rings is 1. The summed E-state index contributed by atoms with van der Waals surface area (Å²) in [5.74, 6) is -0.0336. The molecule has 0 unspecified atom stereocenters. The molecule has 0 spiro atoms. The predicted octanol–water partition coefficient (Wildman–Crippen LogP) is 6.70. The van der Waals surface area contributed by atoms with Crippen molar-refractivity contribution in [2.45, 2.75) is 63.5 Å². The molecule has 1 heterocycles. The number of hydrogen-bond donors (Lipinski definition) is 1. The topological polar surface area (TPSA) is 62.3 Å². The number of nitrogens with zero attached hydrogens (tertiary/aromatic N) is 2. The molecule has 1 N–H and O–H groups in total. The van der Waals surface area contributed by atoms with E-state index >= 15 is 0 Å². The van der Waals surface area contributed by atoms with Crippen LogP contribution in [0.4, 0.5) is 0 Å². The van der Waals surface area contributed by atoms with Gasteiger partial charge in [-0.25, -0.2) is 8.42 Å². The summed E-state index contributed by atoms with van der Waals surface area (Å²) in [6, 6.07) is 30.7. The summed E-state index contributed by atoms with van der Waals surface area (Å²) in [5, 5.41) is 3.71. The second-order valence-electron chi connectivity index (χ2n) is 10.5. The van der Waals surface area contributed by atoms with Gasteiger partial charge in [0.15, 0.2) is 0 Å². The minimum Gasteiger partial charge on any atom is -0.310 e. The molecule has 1 aliphatic rings. The first kappa shape index (κ1) is 27.3. The predicted molar refractivity (Wildman–Crippen MR) is 158 cm³/mol. The molecule has 0 saturated heterocycles. The van der Waals surface area contributed by atoms with Crippen LogP contribution >= 0.6 is 0 Å². The SMILES string of the molecule is O=S(=O)(Cc1ccccc1)N(Cc1ccc(-c2ccc(CNC3CCCCC3)cc2)cc1)Cc1cccnc1. The normalized spacial score (nSPS) is 14.5. The molecular weight excluding hydrogens is 502 g/mol. The first-order chi connectivity index (χ1) is 19.0. The van der Waals surface area contributed by atoms with Gasteiger partial charge in [-0.05, 0) is 52.3 Å². The molecule has 0 radical (unpaired) electrons. The number of nitrogens with one attached hydrogen (secondary N) is 1. The van der Waals surface area contributed by atoms with Crippen molar-refractivity contribution in [1.29, 1.82) is 0 Å². The zero-order valence-electron chi connectivity index (χ0n) is 22.4. The van der Waals surface area contributed by atoms with Gasteiger partial charge in [-0.3, -0.25) is 4.98 Å². The van der Waals surface area contributed by atoms with Crippen LogP contribution in [0.25, 0.3) is 11.1 Å². The first-order valence-corrected chi connectivity index (χ1v) is 15.5. The summed E-state index contributed by atoms with van der Waals surface area (Å²) in [7, 11) is -3.55. The summed E-state index contributed by atoms with van der Waals surface area (Å²) in [6.07, 6.45) is 10.1. The molecule has 4 aromatic rings. The van der Waals surface area contributed by atoms with Crippen LogP contribution in [0.1, 0.15) is 54.4 Å². The molecule has 0 amide bonds. The van der Waals surface area contributed by atoms with E-state index in [-0.39, 0.29) is 12.3 Å². The minimum absolute atomic E-state index is 0.0336. The van der Waals surface area contributed by atoms with Crippen LogP contribution in [0.2, 0.25) is 0 Å². The van der Waals surface area contributed by atoms with Gasteiger partial charge in [-0.2, -0.15) is 4.31 Å². The van der Waals surface area contributed by atoms with Crippen molar-refractivity contribution in [2.24, 2.45) is 0 Å². The van der Waals surface area contributed by atoms with Crippen molar-refractivity contribution in [3.63, 3.8) is 0 Å². The van der Waals surface area contributed by atoms with Gasteiger partial charge in [0, 0.05) is 38.1 Å². The Labute approximate surface area is 233 Å². The van der Waals surface area contributed by atoms with E-state index in [1.807, 2.05) is 54.6 Å². The second-order valence-corrected chi connectivity index (χ2v) is 12.4. The Bertz CT molecular complexity index is 1400. The van der Waals surface area contributed by atoms with Crippen LogP contribution in [0, 0.1) is 0 Å². The first-order valence-electron chi connectivity index (χ1n) is 13.9. The summed E-state index contributed by atoms with van der Waals surface area (Å²) >= 11 is 0. The van der Waals surface area contributed by atoms with E-state index in [9.17, 15) is 8.42 Å². The second kappa shape index (κ2) is 13.2. The molecule has 0 bridgehead atoms. The number of hydrogen-bond acceptors (Lipinski definition) is 4. The standard InChI is InChI=1S/C33H37N3O2S/c37-39(38,26-29-8-3-1-4-9-29)36(25-30-10-7-21-34-22-30)24-28-15-19-32(20-16-28)31-17-13-27(14-18-31)23-35-33-11-5-2-6-12-33/h1,3-4,7-10,13-22,33,35H,2,5-6,11-12,23-26H2. The van der Waals surface area contributed by atoms with Crippen LogP contribution in [0.3, 0.4) is 0 Å². The molecule has 0 aliphatic heterocycles. The summed E-state index contributed by atoms with van der Waals surface area (Å²) in [4.78, 5) is 4.17. The number of rotatable bonds is 11. The van der Waals surface area contributed by atoms with Crippen molar-refractivity contribution in [3.05, 3.63) is 126 Å². The fourth-order valence-corrected chi connectivity index (χ4v) is 6.70. The van der Waals surface area contributed by atoms with Gasteiger partial charge in [0.1, 0.15) is 0 Å². The Balaban J connectivity index is 1.26. The highest BCUT2D eigenvalue weighted by atomic mass is 32.2. The molecular formula is C33H37N3O2S. The van der Waals surface area contributed by atoms with E-state index < -0.39 is 10.0 Å². The number of aromatic nitrogens is 1. The van der Waals surface area contributed by atoms with Crippen LogP contribution in [0.5, 0.6) is 0 Å². The van der Waals surface area contributed by atoms with E-state index in [2.05, 4.69) is 46.7 Å². The molecule has 202 valence electrons. The molecule has 6 heteroatoms. The van der Waals surface area contributed by atoms with Gasteiger partial charge in [0.25, 0.3) is 0 Å². The molecule has 0 atom stereocenters. The summed E-state index contributed by atoms with van der Waals surface area (Å²) in [5.41, 5.74) is 6.18. The molecule has 1 fully saturated rings. The van der Waals surface area contributed by atoms with Gasteiger partial charge < -0.3 is 5.32 Å². The lowest BCUT2D eigenvalue weighted by molar-refractivity contribution is 0.372. The lowest BCUT2D eigenvalue weighted by Gasteiger charge is -2.23. The highest BCUT2D eigenvalue weighted by Crippen LogP contribution is 2.24. The molecule has 1 aromatic heterocycles. The lowest BCUT2D eigenvalue weighted by atomic mass is 9.95. The smallest absolute Gasteiger partial charge is 0.218 e. The van der Waals surface area contributed by atoms with Crippen LogP contribution in [-0.2, 0) is 35.4 Å². The van der Waals surface area contributed by atoms with E-state index in [0.29, 0.717) is 12.6 Å². The van der Waals surface area contributed by atoms with Crippen molar-refractivity contribution < 1.29 is 8.42 Å². The average molecular weight is 540 g/mol. The maximum atomic E-state index is 13.5. The van der Waals surface area contributed by atoms with Crippen molar-refractivity contribution in [2.75, 3.05) is 0 Å². The quantitative estimate of drug-likeness (QED) is 0.230. The Morgan fingerprint density at radius 3 is 1.95 bits per heavy atom. The summed E-state index contributed by atoms with van der Waals surface area (Å²) < 4.78 is 28.5. The average Bonchev–Trinajstić information content (AvgIpc) is 2.98. The zero-order chi connectivity index (χ0) is 26.9. The third kappa shape index (κ3) is 7.85. The lowest BCUT2D eigenvalue weighted by Crippen LogP contribution is -2.31. The third-order valence-electron chi connectivity index (χ3n) is 7.47. The summed E-state index contributed by atoms with van der Waals surface area (Å²) in [6.45, 7) is 1.49. The molecule has 1 aliphatic carbocycles. The molecule has 5 rings (SSSR count). The maximum absolute atomic E-state index is 13.5. The highest BCUT2D eigenvalue weighted by molar-refractivity contribution is 7.88. The van der Waals surface area contributed by atoms with Gasteiger partial charge >= 0.3 is 0 Å². The van der Waals surface area contributed by atoms with Crippen molar-refractivity contribution in [1.82, 2.24) is 14.6 Å². The minimum atomic E-state index is -3.55. The monoisotopic (exact) mass is 539 g/mol. The van der Waals surface area contributed by atoms with Gasteiger partial charge in [0.2, 0.25) is 10.0 Å². The molecule has 5 nitrogen and oxygen atoms in total. The van der Waals surface area contributed by atoms with Crippen molar-refractivity contribution >= 4 is 10.0 Å². The number of sulfonamides is 1. The Morgan fingerprint density at radius 1 is 0.692 bits per heavy atom. The maximum Gasteiger partial charge on any atom is 0.218 e. The van der Waals surface area contributed by atoms with Gasteiger partial charge in [-0.15, -0.1) is 0 Å². The zero-order valence-corrected chi connectivity index (χ0v) is 23.2.